The molecule has 0 aliphatic heterocycles. The Morgan fingerprint density at radius 2 is 2.26 bits per heavy atom. The molecular formula is C14H18N2O3. The summed E-state index contributed by atoms with van der Waals surface area (Å²) in [6.07, 6.45) is 2.11. The van der Waals surface area contributed by atoms with E-state index < -0.39 is 5.97 Å². The Bertz CT molecular complexity index is 577. The van der Waals surface area contributed by atoms with Crippen molar-refractivity contribution in [3.8, 4) is 5.75 Å². The highest BCUT2D eigenvalue weighted by molar-refractivity contribution is 5.84. The first kappa shape index (κ1) is 13.4. The normalized spacial score (nSPS) is 11.1. The second-order valence-electron chi connectivity index (χ2n) is 4.61. The number of aliphatic carboxylic acids is 1. The molecule has 19 heavy (non-hydrogen) atoms. The summed E-state index contributed by atoms with van der Waals surface area (Å²) in [4.78, 5) is 15.8. The molecule has 0 saturated heterocycles. The number of nitrogens with one attached hydrogen (secondary N) is 1. The van der Waals surface area contributed by atoms with E-state index in [0.717, 1.165) is 22.2 Å². The fraction of sp³-hybridized carbons (Fsp3) is 0.357. The number of carboxylic acids is 1. The summed E-state index contributed by atoms with van der Waals surface area (Å²) < 4.78 is 5.23. The number of aromatic nitrogens is 1. The van der Waals surface area contributed by atoms with Crippen LogP contribution in [0.4, 0.5) is 0 Å². The number of fused-ring (bicyclic) bond motifs is 1. The minimum absolute atomic E-state index is 0.155. The summed E-state index contributed by atoms with van der Waals surface area (Å²) in [7, 11) is 3.56. The lowest BCUT2D eigenvalue weighted by atomic mass is 10.1. The predicted molar refractivity (Wildman–Crippen MR) is 73.4 cm³/mol. The van der Waals surface area contributed by atoms with E-state index in [1.165, 1.54) is 0 Å². The summed E-state index contributed by atoms with van der Waals surface area (Å²) >= 11 is 0. The van der Waals surface area contributed by atoms with Crippen LogP contribution in [0.5, 0.6) is 5.75 Å². The maximum atomic E-state index is 10.6. The fourth-order valence-electron chi connectivity index (χ4n) is 2.07. The number of methoxy groups -OCH3 is 1. The molecule has 2 N–H and O–H groups in total. The predicted octanol–water partition coefficient (Wildman–Crippen LogP) is 2.08. The van der Waals surface area contributed by atoms with Gasteiger partial charge in [-0.1, -0.05) is 0 Å². The number of aromatic amines is 1. The van der Waals surface area contributed by atoms with Gasteiger partial charge in [0.15, 0.2) is 0 Å². The van der Waals surface area contributed by atoms with Crippen LogP contribution >= 0.6 is 0 Å². The summed E-state index contributed by atoms with van der Waals surface area (Å²) in [5.74, 6) is 0.0500. The molecule has 0 aliphatic carbocycles. The molecule has 1 aromatic heterocycles. The van der Waals surface area contributed by atoms with E-state index in [1.807, 2.05) is 36.3 Å². The highest BCUT2D eigenvalue weighted by Gasteiger charge is 2.08. The quantitative estimate of drug-likeness (QED) is 0.836. The van der Waals surface area contributed by atoms with Gasteiger partial charge in [-0.15, -0.1) is 0 Å². The summed E-state index contributed by atoms with van der Waals surface area (Å²) in [6, 6.07) is 5.89. The lowest BCUT2D eigenvalue weighted by Crippen LogP contribution is -2.21. The number of carboxylic acid groups (broad SMARTS) is 1. The third kappa shape index (κ3) is 3.26. The van der Waals surface area contributed by atoms with Crippen LogP contribution in [0, 0.1) is 0 Å². The molecule has 1 aromatic carbocycles. The Morgan fingerprint density at radius 3 is 2.95 bits per heavy atom. The van der Waals surface area contributed by atoms with E-state index in [1.54, 1.807) is 7.11 Å². The number of hydrogen-bond acceptors (Lipinski definition) is 3. The van der Waals surface area contributed by atoms with Crippen LogP contribution in [0.2, 0.25) is 0 Å². The largest absolute Gasteiger partial charge is 0.497 e. The second kappa shape index (κ2) is 5.75. The van der Waals surface area contributed by atoms with Gasteiger partial charge in [-0.3, -0.25) is 4.79 Å². The maximum Gasteiger partial charge on any atom is 0.304 e. The lowest BCUT2D eigenvalue weighted by molar-refractivity contribution is -0.137. The molecule has 5 nitrogen and oxygen atoms in total. The van der Waals surface area contributed by atoms with E-state index in [0.29, 0.717) is 13.1 Å². The monoisotopic (exact) mass is 262 g/mol. The van der Waals surface area contributed by atoms with Gasteiger partial charge in [0.1, 0.15) is 5.75 Å². The molecule has 0 saturated carbocycles. The van der Waals surface area contributed by atoms with Gasteiger partial charge in [0.2, 0.25) is 0 Å². The van der Waals surface area contributed by atoms with Gasteiger partial charge in [0.05, 0.1) is 13.5 Å². The number of H-pyrrole nitrogens is 1. The molecule has 2 aromatic rings. The molecule has 0 radical (unpaired) electrons. The molecule has 0 unspecified atom stereocenters. The molecule has 0 bridgehead atoms. The smallest absolute Gasteiger partial charge is 0.304 e. The highest BCUT2D eigenvalue weighted by Crippen LogP contribution is 2.24. The summed E-state index contributed by atoms with van der Waals surface area (Å²) in [5.41, 5.74) is 2.20. The van der Waals surface area contributed by atoms with Gasteiger partial charge in [0.25, 0.3) is 0 Å². The van der Waals surface area contributed by atoms with Crippen molar-refractivity contribution in [2.45, 2.75) is 13.0 Å². The third-order valence-corrected chi connectivity index (χ3v) is 3.12. The van der Waals surface area contributed by atoms with Crippen molar-refractivity contribution in [2.24, 2.45) is 0 Å². The third-order valence-electron chi connectivity index (χ3n) is 3.12. The van der Waals surface area contributed by atoms with Crippen molar-refractivity contribution in [3.05, 3.63) is 30.0 Å². The SMILES string of the molecule is COc1ccc2[nH]cc(CN(C)CCC(=O)O)c2c1. The zero-order chi connectivity index (χ0) is 13.8. The number of nitrogens with zero attached hydrogens (tertiary/aromatic N) is 1. The van der Waals surface area contributed by atoms with E-state index in [4.69, 9.17) is 9.84 Å². The van der Waals surface area contributed by atoms with Crippen LogP contribution in [0.3, 0.4) is 0 Å². The number of benzene rings is 1. The molecule has 1 heterocycles. The topological polar surface area (TPSA) is 65.6 Å². The molecule has 0 aliphatic rings. The number of carbonyl (C=O) groups is 1. The van der Waals surface area contributed by atoms with Gasteiger partial charge >= 0.3 is 5.97 Å². The van der Waals surface area contributed by atoms with Crippen molar-refractivity contribution < 1.29 is 14.6 Å². The molecule has 102 valence electrons. The van der Waals surface area contributed by atoms with Crippen LogP contribution < -0.4 is 4.74 Å². The van der Waals surface area contributed by atoms with Crippen molar-refractivity contribution >= 4 is 16.9 Å². The molecule has 0 fully saturated rings. The first-order chi connectivity index (χ1) is 9.10. The van der Waals surface area contributed by atoms with Crippen LogP contribution in [0.1, 0.15) is 12.0 Å². The van der Waals surface area contributed by atoms with Gasteiger partial charge in [-0.2, -0.15) is 0 Å². The Morgan fingerprint density at radius 1 is 1.47 bits per heavy atom. The van der Waals surface area contributed by atoms with Gasteiger partial charge < -0.3 is 19.7 Å². The van der Waals surface area contributed by atoms with Crippen LogP contribution in [0.15, 0.2) is 24.4 Å². The standard InChI is InChI=1S/C14H18N2O3/c1-16(6-5-14(17)18)9-10-8-15-13-4-3-11(19-2)7-12(10)13/h3-4,7-8,15H,5-6,9H2,1-2H3,(H,17,18). The first-order valence-corrected chi connectivity index (χ1v) is 6.14. The Hall–Kier alpha value is -2.01. The molecule has 0 atom stereocenters. The zero-order valence-electron chi connectivity index (χ0n) is 11.1. The first-order valence-electron chi connectivity index (χ1n) is 6.14. The van der Waals surface area contributed by atoms with Crippen molar-refractivity contribution in [2.75, 3.05) is 20.7 Å². The number of hydrogen-bond donors (Lipinski definition) is 2. The van der Waals surface area contributed by atoms with Crippen molar-refractivity contribution in [3.63, 3.8) is 0 Å². The summed E-state index contributed by atoms with van der Waals surface area (Å²) in [6.45, 7) is 1.24. The van der Waals surface area contributed by atoms with Gasteiger partial charge in [-0.05, 0) is 30.8 Å². The molecule has 5 heteroatoms. The van der Waals surface area contributed by atoms with Crippen LogP contribution in [-0.2, 0) is 11.3 Å². The van der Waals surface area contributed by atoms with E-state index >= 15 is 0 Å². The minimum Gasteiger partial charge on any atom is -0.497 e. The van der Waals surface area contributed by atoms with Gasteiger partial charge in [0, 0.05) is 30.2 Å². The zero-order valence-corrected chi connectivity index (χ0v) is 11.1. The average molecular weight is 262 g/mol. The molecule has 2 rings (SSSR count). The van der Waals surface area contributed by atoms with Crippen molar-refractivity contribution in [1.82, 2.24) is 9.88 Å². The molecule has 0 spiro atoms. The molecule has 0 amide bonds. The second-order valence-corrected chi connectivity index (χ2v) is 4.61. The maximum absolute atomic E-state index is 10.6. The Labute approximate surface area is 111 Å². The molecular weight excluding hydrogens is 244 g/mol. The van der Waals surface area contributed by atoms with E-state index in [2.05, 4.69) is 4.98 Å². The Balaban J connectivity index is 2.13. The van der Waals surface area contributed by atoms with Crippen LogP contribution in [-0.4, -0.2) is 41.7 Å². The van der Waals surface area contributed by atoms with E-state index in [-0.39, 0.29) is 6.42 Å². The fourth-order valence-corrected chi connectivity index (χ4v) is 2.07. The Kier molecular flexibility index (Phi) is 4.06. The lowest BCUT2D eigenvalue weighted by Gasteiger charge is -2.14. The van der Waals surface area contributed by atoms with Crippen molar-refractivity contribution in [1.29, 1.82) is 0 Å². The average Bonchev–Trinajstić information content (AvgIpc) is 2.79. The van der Waals surface area contributed by atoms with E-state index in [9.17, 15) is 4.79 Å². The minimum atomic E-state index is -0.771. The number of rotatable bonds is 6. The highest BCUT2D eigenvalue weighted by atomic mass is 16.5. The van der Waals surface area contributed by atoms with Crippen LogP contribution in [0.25, 0.3) is 10.9 Å². The summed E-state index contributed by atoms with van der Waals surface area (Å²) in [5, 5.41) is 9.79. The number of ether oxygens (including phenoxy) is 1. The van der Waals surface area contributed by atoms with Gasteiger partial charge in [-0.25, -0.2) is 0 Å².